The van der Waals surface area contributed by atoms with Gasteiger partial charge in [-0.1, -0.05) is 11.8 Å². The predicted octanol–water partition coefficient (Wildman–Crippen LogP) is -1.88. The molecule has 1 fully saturated rings. The minimum atomic E-state index is -1.55. The summed E-state index contributed by atoms with van der Waals surface area (Å²) in [7, 11) is 0. The van der Waals surface area contributed by atoms with Crippen molar-refractivity contribution in [3.05, 3.63) is 6.33 Å². The van der Waals surface area contributed by atoms with Crippen molar-refractivity contribution in [1.29, 1.82) is 0 Å². The molecule has 1 saturated heterocycles. The van der Waals surface area contributed by atoms with Gasteiger partial charge in [0.05, 0.1) is 19.0 Å². The van der Waals surface area contributed by atoms with Crippen LogP contribution >= 0.6 is 11.8 Å². The van der Waals surface area contributed by atoms with E-state index in [4.69, 9.17) is 9.84 Å². The number of nitrogens with zero attached hydrogens (tertiary/aromatic N) is 4. The number of nitrogens with one attached hydrogen (secondary N) is 2. The number of imidazole rings is 1. The SMILES string of the molecule is CSc1nc(NC(=O)NC(C(=O)O)C(C)O)c2ncn(C3O[C@H](CO)[C@@H](O)[C@H]3O)c2n1. The van der Waals surface area contributed by atoms with Crippen molar-refractivity contribution in [2.24, 2.45) is 0 Å². The molecule has 31 heavy (non-hydrogen) atoms. The van der Waals surface area contributed by atoms with E-state index in [1.807, 2.05) is 0 Å². The lowest BCUT2D eigenvalue weighted by atomic mass is 10.1. The Bertz CT molecular complexity index is 971. The van der Waals surface area contributed by atoms with Crippen LogP contribution in [0, 0.1) is 0 Å². The van der Waals surface area contributed by atoms with E-state index in [1.165, 1.54) is 17.8 Å². The first kappa shape index (κ1) is 23.1. The molecule has 0 aliphatic carbocycles. The molecule has 15 heteroatoms. The summed E-state index contributed by atoms with van der Waals surface area (Å²) < 4.78 is 6.83. The third kappa shape index (κ3) is 4.56. The highest BCUT2D eigenvalue weighted by molar-refractivity contribution is 7.98. The van der Waals surface area contributed by atoms with E-state index >= 15 is 0 Å². The molecule has 0 saturated carbocycles. The predicted molar refractivity (Wildman–Crippen MR) is 105 cm³/mol. The van der Waals surface area contributed by atoms with Crippen LogP contribution in [0.25, 0.3) is 11.2 Å². The van der Waals surface area contributed by atoms with Crippen molar-refractivity contribution >= 4 is 40.7 Å². The second-order valence-corrected chi connectivity index (χ2v) is 7.54. The number of hydrogen-bond acceptors (Lipinski definition) is 11. The minimum Gasteiger partial charge on any atom is -0.480 e. The lowest BCUT2D eigenvalue weighted by Gasteiger charge is -2.18. The molecular weight excluding hydrogens is 436 g/mol. The van der Waals surface area contributed by atoms with Gasteiger partial charge in [0.25, 0.3) is 0 Å². The fraction of sp³-hybridized carbons (Fsp3) is 0.562. The molecule has 2 aromatic heterocycles. The maximum atomic E-state index is 12.3. The maximum Gasteiger partial charge on any atom is 0.328 e. The second-order valence-electron chi connectivity index (χ2n) is 6.77. The van der Waals surface area contributed by atoms with Crippen molar-refractivity contribution < 1.29 is 39.9 Å². The fourth-order valence-corrected chi connectivity index (χ4v) is 3.40. The van der Waals surface area contributed by atoms with Crippen molar-refractivity contribution in [3.63, 3.8) is 0 Å². The van der Waals surface area contributed by atoms with Crippen molar-refractivity contribution in [3.8, 4) is 0 Å². The molecule has 0 bridgehead atoms. The zero-order valence-corrected chi connectivity index (χ0v) is 17.2. The van der Waals surface area contributed by atoms with Crippen molar-refractivity contribution in [2.45, 2.75) is 48.8 Å². The summed E-state index contributed by atoms with van der Waals surface area (Å²) in [4.78, 5) is 36.1. The van der Waals surface area contributed by atoms with Crippen molar-refractivity contribution in [2.75, 3.05) is 18.2 Å². The number of carbonyl (C=O) groups is 2. The van der Waals surface area contributed by atoms with Gasteiger partial charge in [0.1, 0.15) is 18.3 Å². The van der Waals surface area contributed by atoms with E-state index in [2.05, 4.69) is 25.6 Å². The van der Waals surface area contributed by atoms with Crippen molar-refractivity contribution in [1.82, 2.24) is 24.8 Å². The summed E-state index contributed by atoms with van der Waals surface area (Å²) in [5, 5.41) is 53.0. The Morgan fingerprint density at radius 3 is 2.58 bits per heavy atom. The van der Waals surface area contributed by atoms with Crippen LogP contribution in [-0.4, -0.2) is 100 Å². The van der Waals surface area contributed by atoms with E-state index in [1.54, 1.807) is 6.26 Å². The van der Waals surface area contributed by atoms with Gasteiger partial charge >= 0.3 is 12.0 Å². The molecule has 3 heterocycles. The summed E-state index contributed by atoms with van der Waals surface area (Å²) in [6.45, 7) is 0.712. The first-order valence-electron chi connectivity index (χ1n) is 9.07. The van der Waals surface area contributed by atoms with Gasteiger partial charge in [-0.3, -0.25) is 9.88 Å². The van der Waals surface area contributed by atoms with Gasteiger partial charge in [-0.05, 0) is 13.2 Å². The number of anilines is 1. The lowest BCUT2D eigenvalue weighted by Crippen LogP contribution is -2.49. The Balaban J connectivity index is 1.93. The first-order valence-corrected chi connectivity index (χ1v) is 10.3. The van der Waals surface area contributed by atoms with E-state index in [0.29, 0.717) is 0 Å². The molecule has 3 unspecified atom stereocenters. The Labute approximate surface area is 179 Å². The molecule has 0 radical (unpaired) electrons. The number of aliphatic carboxylic acids is 1. The summed E-state index contributed by atoms with van der Waals surface area (Å²) in [6.07, 6.45) is -3.20. The number of amides is 2. The smallest absolute Gasteiger partial charge is 0.328 e. The normalized spacial score (nSPS) is 25.4. The number of aromatic nitrogens is 4. The highest BCUT2D eigenvalue weighted by atomic mass is 32.2. The van der Waals surface area contributed by atoms with E-state index < -0.39 is 55.3 Å². The quantitative estimate of drug-likeness (QED) is 0.179. The summed E-state index contributed by atoms with van der Waals surface area (Å²) in [5.74, 6) is -1.47. The number of aliphatic hydroxyl groups is 4. The molecule has 1 aliphatic heterocycles. The number of rotatable bonds is 7. The topological polar surface area (TPSA) is 212 Å². The van der Waals surface area contributed by atoms with Gasteiger partial charge in [0.15, 0.2) is 34.4 Å². The summed E-state index contributed by atoms with van der Waals surface area (Å²) in [5.41, 5.74) is 0.268. The number of hydrogen-bond donors (Lipinski definition) is 7. The fourth-order valence-electron chi connectivity index (χ4n) is 3.04. The second kappa shape index (κ2) is 9.29. The van der Waals surface area contributed by atoms with E-state index in [0.717, 1.165) is 11.8 Å². The standard InChI is InChI=1S/C16H22N6O8S/c1-5(24)7(14(27)28)18-15(29)19-11-8-12(21-16(20-11)31-2)22(4-17-8)13-10(26)9(25)6(3-23)30-13/h4-7,9-10,13,23-26H,3H2,1-2H3,(H,27,28)(H2,18,19,20,21,29)/t5?,6-,7?,9-,10-,13?/m1/s1. The molecule has 7 N–H and O–H groups in total. The Morgan fingerprint density at radius 2 is 2.03 bits per heavy atom. The van der Waals surface area contributed by atoms with Crippen LogP contribution in [0.5, 0.6) is 0 Å². The van der Waals surface area contributed by atoms with Gasteiger partial charge in [0, 0.05) is 0 Å². The first-order chi connectivity index (χ1) is 14.7. The molecule has 6 atom stereocenters. The highest BCUT2D eigenvalue weighted by Gasteiger charge is 2.44. The Morgan fingerprint density at radius 1 is 1.32 bits per heavy atom. The zero-order valence-electron chi connectivity index (χ0n) is 16.4. The number of carbonyl (C=O) groups excluding carboxylic acids is 1. The Hall–Kier alpha value is -2.56. The number of ether oxygens (including phenoxy) is 1. The molecule has 2 aromatic rings. The van der Waals surface area contributed by atoms with Gasteiger partial charge in [0.2, 0.25) is 0 Å². The number of fused-ring (bicyclic) bond motifs is 1. The molecule has 2 amide bonds. The maximum absolute atomic E-state index is 12.3. The molecule has 0 aromatic carbocycles. The molecule has 170 valence electrons. The lowest BCUT2D eigenvalue weighted by molar-refractivity contribution is -0.141. The van der Waals surface area contributed by atoms with Crippen LogP contribution < -0.4 is 10.6 Å². The van der Waals surface area contributed by atoms with Crippen LogP contribution in [-0.2, 0) is 9.53 Å². The largest absolute Gasteiger partial charge is 0.480 e. The number of aliphatic hydroxyl groups excluding tert-OH is 4. The number of carboxylic acid groups (broad SMARTS) is 1. The third-order valence-corrected chi connectivity index (χ3v) is 5.19. The van der Waals surface area contributed by atoms with Gasteiger partial charge in [-0.25, -0.2) is 24.5 Å². The summed E-state index contributed by atoms with van der Waals surface area (Å²) in [6, 6.07) is -2.49. The third-order valence-electron chi connectivity index (χ3n) is 4.64. The molecular formula is C16H22N6O8S. The van der Waals surface area contributed by atoms with Crippen LogP contribution in [0.3, 0.4) is 0 Å². The van der Waals surface area contributed by atoms with Crippen LogP contribution in [0.15, 0.2) is 11.5 Å². The molecule has 1 aliphatic rings. The average Bonchev–Trinajstić information content (AvgIpc) is 3.26. The number of carboxylic acids is 1. The van der Waals surface area contributed by atoms with E-state index in [-0.39, 0.29) is 22.1 Å². The monoisotopic (exact) mass is 458 g/mol. The number of urea groups is 1. The van der Waals surface area contributed by atoms with Gasteiger partial charge < -0.3 is 35.6 Å². The van der Waals surface area contributed by atoms with E-state index in [9.17, 15) is 30.0 Å². The minimum absolute atomic E-state index is 0.0490. The molecule has 3 rings (SSSR count). The van der Waals surface area contributed by atoms with Crippen LogP contribution in [0.2, 0.25) is 0 Å². The Kier molecular flexibility index (Phi) is 6.93. The van der Waals surface area contributed by atoms with Crippen LogP contribution in [0.4, 0.5) is 10.6 Å². The summed E-state index contributed by atoms with van der Waals surface area (Å²) >= 11 is 1.15. The molecule has 14 nitrogen and oxygen atoms in total. The average molecular weight is 458 g/mol. The highest BCUT2D eigenvalue weighted by Crippen LogP contribution is 2.33. The number of thioether (sulfide) groups is 1. The van der Waals surface area contributed by atoms with Gasteiger partial charge in [-0.2, -0.15) is 0 Å². The van der Waals surface area contributed by atoms with Crippen LogP contribution in [0.1, 0.15) is 13.2 Å². The van der Waals surface area contributed by atoms with Gasteiger partial charge in [-0.15, -0.1) is 0 Å². The zero-order chi connectivity index (χ0) is 22.9. The molecule has 0 spiro atoms.